The highest BCUT2D eigenvalue weighted by molar-refractivity contribution is 6.01. The molecule has 4 N–H and O–H groups in total. The van der Waals surface area contributed by atoms with Gasteiger partial charge in [-0.1, -0.05) is 6.92 Å². The molecule has 20 heavy (non-hydrogen) atoms. The number of hydrogen-bond donors (Lipinski definition) is 3. The number of amides is 1. The lowest BCUT2D eigenvalue weighted by Gasteiger charge is -2.14. The van der Waals surface area contributed by atoms with Gasteiger partial charge in [-0.15, -0.1) is 0 Å². The van der Waals surface area contributed by atoms with Crippen molar-refractivity contribution in [1.82, 2.24) is 10.6 Å². The standard InChI is InChI=1S/C12H17FN4O3/c1-3-15-7(2)6-16-12(18)9-4-8(13)5-10(11(9)14)17(19)20/h4-5,7,15H,3,6,14H2,1-2H3,(H,16,18)/t7-/m1/s1. The Morgan fingerprint density at radius 2 is 2.20 bits per heavy atom. The van der Waals surface area contributed by atoms with E-state index in [1.165, 1.54) is 0 Å². The van der Waals surface area contributed by atoms with Crippen molar-refractivity contribution in [2.75, 3.05) is 18.8 Å². The summed E-state index contributed by atoms with van der Waals surface area (Å²) < 4.78 is 13.3. The summed E-state index contributed by atoms with van der Waals surface area (Å²) in [5, 5.41) is 16.3. The van der Waals surface area contributed by atoms with Crippen molar-refractivity contribution in [3.05, 3.63) is 33.6 Å². The van der Waals surface area contributed by atoms with Gasteiger partial charge in [-0.3, -0.25) is 14.9 Å². The largest absolute Gasteiger partial charge is 0.393 e. The summed E-state index contributed by atoms with van der Waals surface area (Å²) in [5.41, 5.74) is 4.34. The third-order valence-corrected chi connectivity index (χ3v) is 2.69. The number of benzene rings is 1. The molecule has 0 radical (unpaired) electrons. The van der Waals surface area contributed by atoms with Crippen molar-refractivity contribution in [2.45, 2.75) is 19.9 Å². The van der Waals surface area contributed by atoms with Crippen LogP contribution in [0.4, 0.5) is 15.8 Å². The molecular formula is C12H17FN4O3. The number of nitrogens with two attached hydrogens (primary N) is 1. The van der Waals surface area contributed by atoms with E-state index in [9.17, 15) is 19.3 Å². The summed E-state index contributed by atoms with van der Waals surface area (Å²) >= 11 is 0. The van der Waals surface area contributed by atoms with Crippen molar-refractivity contribution in [3.8, 4) is 0 Å². The molecule has 0 unspecified atom stereocenters. The highest BCUT2D eigenvalue weighted by Crippen LogP contribution is 2.26. The smallest absolute Gasteiger partial charge is 0.295 e. The third kappa shape index (κ3) is 3.89. The molecular weight excluding hydrogens is 267 g/mol. The number of nitro benzene ring substituents is 1. The molecule has 7 nitrogen and oxygen atoms in total. The molecule has 0 bridgehead atoms. The molecule has 1 amide bonds. The van der Waals surface area contributed by atoms with Gasteiger partial charge in [0.2, 0.25) is 0 Å². The zero-order chi connectivity index (χ0) is 15.3. The van der Waals surface area contributed by atoms with Crippen LogP contribution in [0.2, 0.25) is 0 Å². The molecule has 0 saturated carbocycles. The van der Waals surface area contributed by atoms with Gasteiger partial charge in [-0.2, -0.15) is 0 Å². The first-order valence-corrected chi connectivity index (χ1v) is 6.11. The zero-order valence-electron chi connectivity index (χ0n) is 11.3. The van der Waals surface area contributed by atoms with Crippen LogP contribution in [0.1, 0.15) is 24.2 Å². The Labute approximate surface area is 115 Å². The summed E-state index contributed by atoms with van der Waals surface area (Å²) in [5.74, 6) is -1.52. The second-order valence-corrected chi connectivity index (χ2v) is 4.31. The van der Waals surface area contributed by atoms with Crippen molar-refractivity contribution >= 4 is 17.3 Å². The average Bonchev–Trinajstić information content (AvgIpc) is 2.38. The number of nitrogens with one attached hydrogen (secondary N) is 2. The zero-order valence-corrected chi connectivity index (χ0v) is 11.3. The molecule has 110 valence electrons. The molecule has 0 spiro atoms. The van der Waals surface area contributed by atoms with Gasteiger partial charge in [0, 0.05) is 12.6 Å². The molecule has 0 heterocycles. The SMILES string of the molecule is CCN[C@H](C)CNC(=O)c1cc(F)cc([N+](=O)[O-])c1N. The van der Waals surface area contributed by atoms with Crippen LogP contribution in [0.15, 0.2) is 12.1 Å². The Morgan fingerprint density at radius 1 is 1.55 bits per heavy atom. The minimum absolute atomic E-state index is 0.0220. The number of halogens is 1. The van der Waals surface area contributed by atoms with E-state index in [1.54, 1.807) is 0 Å². The van der Waals surface area contributed by atoms with E-state index < -0.39 is 22.3 Å². The molecule has 1 rings (SSSR count). The Bertz CT molecular complexity index is 522. The number of anilines is 1. The molecule has 0 aliphatic heterocycles. The Kier molecular flexibility index (Phi) is 5.39. The maximum absolute atomic E-state index is 13.3. The average molecular weight is 284 g/mol. The van der Waals surface area contributed by atoms with Gasteiger partial charge in [0.15, 0.2) is 0 Å². The van der Waals surface area contributed by atoms with Gasteiger partial charge < -0.3 is 16.4 Å². The summed E-state index contributed by atoms with van der Waals surface area (Å²) in [6, 6.07) is 1.59. The van der Waals surface area contributed by atoms with Crippen molar-refractivity contribution in [1.29, 1.82) is 0 Å². The molecule has 1 atom stereocenters. The number of nitrogens with zero attached hydrogens (tertiary/aromatic N) is 1. The van der Waals surface area contributed by atoms with E-state index in [2.05, 4.69) is 10.6 Å². The lowest BCUT2D eigenvalue weighted by molar-refractivity contribution is -0.384. The lowest BCUT2D eigenvalue weighted by atomic mass is 10.1. The number of likely N-dealkylation sites (N-methyl/N-ethyl adjacent to an activating group) is 1. The van der Waals surface area contributed by atoms with E-state index in [1.807, 2.05) is 13.8 Å². The van der Waals surface area contributed by atoms with Gasteiger partial charge in [-0.05, 0) is 19.5 Å². The fourth-order valence-corrected chi connectivity index (χ4v) is 1.70. The van der Waals surface area contributed by atoms with Gasteiger partial charge in [0.05, 0.1) is 16.6 Å². The third-order valence-electron chi connectivity index (χ3n) is 2.69. The molecule has 0 aliphatic rings. The highest BCUT2D eigenvalue weighted by atomic mass is 19.1. The lowest BCUT2D eigenvalue weighted by Crippen LogP contribution is -2.39. The minimum atomic E-state index is -0.879. The molecule has 0 saturated heterocycles. The monoisotopic (exact) mass is 284 g/mol. The normalized spacial score (nSPS) is 11.9. The quantitative estimate of drug-likeness (QED) is 0.411. The van der Waals surface area contributed by atoms with E-state index in [0.29, 0.717) is 12.6 Å². The number of hydrogen-bond acceptors (Lipinski definition) is 5. The molecule has 8 heteroatoms. The van der Waals surface area contributed by atoms with Gasteiger partial charge >= 0.3 is 0 Å². The maximum atomic E-state index is 13.3. The fraction of sp³-hybridized carbons (Fsp3) is 0.417. The first-order valence-electron chi connectivity index (χ1n) is 6.11. The maximum Gasteiger partial charge on any atom is 0.295 e. The number of nitrogen functional groups attached to an aromatic ring is 1. The van der Waals surface area contributed by atoms with Crippen LogP contribution < -0.4 is 16.4 Å². The summed E-state index contributed by atoms with van der Waals surface area (Å²) in [7, 11) is 0. The van der Waals surface area contributed by atoms with Crippen LogP contribution in [-0.4, -0.2) is 30.0 Å². The van der Waals surface area contributed by atoms with Gasteiger partial charge in [0.1, 0.15) is 11.5 Å². The summed E-state index contributed by atoms with van der Waals surface area (Å²) in [6.07, 6.45) is 0. The fourth-order valence-electron chi connectivity index (χ4n) is 1.70. The number of rotatable bonds is 6. The van der Waals surface area contributed by atoms with Crippen LogP contribution >= 0.6 is 0 Å². The first kappa shape index (κ1) is 15.8. The van der Waals surface area contributed by atoms with Crippen molar-refractivity contribution in [3.63, 3.8) is 0 Å². The topological polar surface area (TPSA) is 110 Å². The molecule has 1 aromatic rings. The van der Waals surface area contributed by atoms with Crippen LogP contribution in [0.25, 0.3) is 0 Å². The van der Waals surface area contributed by atoms with Crippen LogP contribution in [-0.2, 0) is 0 Å². The van der Waals surface area contributed by atoms with Crippen LogP contribution in [0.3, 0.4) is 0 Å². The summed E-state index contributed by atoms with van der Waals surface area (Å²) in [4.78, 5) is 21.8. The van der Waals surface area contributed by atoms with Crippen molar-refractivity contribution < 1.29 is 14.1 Å². The molecule has 0 fully saturated rings. The Balaban J connectivity index is 2.90. The van der Waals surface area contributed by atoms with Crippen molar-refractivity contribution in [2.24, 2.45) is 0 Å². The van der Waals surface area contributed by atoms with Crippen LogP contribution in [0.5, 0.6) is 0 Å². The Morgan fingerprint density at radius 3 is 2.75 bits per heavy atom. The second kappa shape index (κ2) is 6.80. The molecule has 0 aromatic heterocycles. The number of nitro groups is 1. The molecule has 0 aliphatic carbocycles. The highest BCUT2D eigenvalue weighted by Gasteiger charge is 2.21. The second-order valence-electron chi connectivity index (χ2n) is 4.31. The Hall–Kier alpha value is -2.22. The van der Waals surface area contributed by atoms with Gasteiger partial charge in [-0.25, -0.2) is 4.39 Å². The van der Waals surface area contributed by atoms with E-state index >= 15 is 0 Å². The van der Waals surface area contributed by atoms with E-state index in [-0.39, 0.29) is 17.3 Å². The van der Waals surface area contributed by atoms with E-state index in [0.717, 1.165) is 12.6 Å². The summed E-state index contributed by atoms with van der Waals surface area (Å²) in [6.45, 7) is 4.83. The van der Waals surface area contributed by atoms with E-state index in [4.69, 9.17) is 5.73 Å². The minimum Gasteiger partial charge on any atom is -0.393 e. The predicted molar refractivity (Wildman–Crippen MR) is 72.9 cm³/mol. The predicted octanol–water partition coefficient (Wildman–Crippen LogP) is 1.04. The number of carbonyl (C=O) groups excluding carboxylic acids is 1. The first-order chi connectivity index (χ1) is 9.36. The van der Waals surface area contributed by atoms with Crippen LogP contribution in [0, 0.1) is 15.9 Å². The number of carbonyl (C=O) groups is 1. The van der Waals surface area contributed by atoms with Gasteiger partial charge in [0.25, 0.3) is 11.6 Å². The molecule has 1 aromatic carbocycles.